The minimum Gasteiger partial charge on any atom is -0.492 e. The van der Waals surface area contributed by atoms with Crippen molar-refractivity contribution in [1.29, 1.82) is 0 Å². The maximum absolute atomic E-state index is 5.50. The molecule has 106 valence electrons. The van der Waals surface area contributed by atoms with Crippen LogP contribution in [0.25, 0.3) is 10.9 Å². The van der Waals surface area contributed by atoms with Gasteiger partial charge in [0.25, 0.3) is 0 Å². The summed E-state index contributed by atoms with van der Waals surface area (Å²) in [5.74, 6) is 1.33. The Balaban J connectivity index is 1.81. The Labute approximate surface area is 122 Å². The molecule has 0 spiro atoms. The Hall–Kier alpha value is -2.66. The average molecular weight is 280 g/mol. The van der Waals surface area contributed by atoms with Crippen molar-refractivity contribution < 1.29 is 4.74 Å². The lowest BCUT2D eigenvalue weighted by Gasteiger charge is -2.08. The molecule has 0 atom stereocenters. The largest absolute Gasteiger partial charge is 0.492 e. The smallest absolute Gasteiger partial charge is 0.227 e. The van der Waals surface area contributed by atoms with Crippen LogP contribution in [0.4, 0.5) is 11.6 Å². The number of nitrogens with one attached hydrogen (secondary N) is 1. The van der Waals surface area contributed by atoms with Crippen LogP contribution >= 0.6 is 0 Å². The van der Waals surface area contributed by atoms with Crippen molar-refractivity contribution in [2.45, 2.75) is 0 Å². The van der Waals surface area contributed by atoms with Gasteiger partial charge in [0.2, 0.25) is 5.95 Å². The molecule has 21 heavy (non-hydrogen) atoms. The van der Waals surface area contributed by atoms with Gasteiger partial charge in [-0.25, -0.2) is 9.97 Å². The molecule has 1 aromatic heterocycles. The van der Waals surface area contributed by atoms with Crippen LogP contribution in [0.15, 0.2) is 54.7 Å². The SMILES string of the molecule is NCCOc1cccc(Nc2ncc3ccccc3n2)c1. The number of aromatic nitrogens is 2. The predicted octanol–water partition coefficient (Wildman–Crippen LogP) is 2.71. The van der Waals surface area contributed by atoms with Crippen molar-refractivity contribution in [1.82, 2.24) is 9.97 Å². The van der Waals surface area contributed by atoms with Gasteiger partial charge in [0, 0.05) is 29.9 Å². The molecule has 0 aliphatic rings. The Morgan fingerprint density at radius 1 is 1.10 bits per heavy atom. The van der Waals surface area contributed by atoms with Gasteiger partial charge < -0.3 is 15.8 Å². The first-order chi connectivity index (χ1) is 10.3. The quantitative estimate of drug-likeness (QED) is 0.751. The van der Waals surface area contributed by atoms with Crippen molar-refractivity contribution in [3.63, 3.8) is 0 Å². The molecule has 2 aromatic carbocycles. The topological polar surface area (TPSA) is 73.1 Å². The molecule has 0 saturated heterocycles. The summed E-state index contributed by atoms with van der Waals surface area (Å²) >= 11 is 0. The highest BCUT2D eigenvalue weighted by molar-refractivity contribution is 5.78. The Morgan fingerprint density at radius 2 is 2.00 bits per heavy atom. The van der Waals surface area contributed by atoms with E-state index in [9.17, 15) is 0 Å². The van der Waals surface area contributed by atoms with Crippen molar-refractivity contribution in [2.75, 3.05) is 18.5 Å². The molecular formula is C16H16N4O. The van der Waals surface area contributed by atoms with E-state index in [1.807, 2.05) is 48.5 Å². The normalized spacial score (nSPS) is 10.5. The van der Waals surface area contributed by atoms with E-state index in [1.165, 1.54) is 0 Å². The molecule has 0 radical (unpaired) electrons. The van der Waals surface area contributed by atoms with E-state index in [1.54, 1.807) is 6.20 Å². The molecule has 0 bridgehead atoms. The summed E-state index contributed by atoms with van der Waals surface area (Å²) in [4.78, 5) is 8.79. The van der Waals surface area contributed by atoms with E-state index in [-0.39, 0.29) is 0 Å². The molecule has 5 nitrogen and oxygen atoms in total. The molecule has 0 aliphatic heterocycles. The van der Waals surface area contributed by atoms with Crippen molar-refractivity contribution in [3.8, 4) is 5.75 Å². The van der Waals surface area contributed by atoms with E-state index in [4.69, 9.17) is 10.5 Å². The summed E-state index contributed by atoms with van der Waals surface area (Å²) < 4.78 is 5.50. The maximum Gasteiger partial charge on any atom is 0.227 e. The Kier molecular flexibility index (Phi) is 3.93. The molecule has 0 fully saturated rings. The first-order valence-corrected chi connectivity index (χ1v) is 6.77. The van der Waals surface area contributed by atoms with Crippen LogP contribution in [0.5, 0.6) is 5.75 Å². The number of anilines is 2. The number of hydrogen-bond acceptors (Lipinski definition) is 5. The molecule has 0 unspecified atom stereocenters. The third kappa shape index (κ3) is 3.27. The summed E-state index contributed by atoms with van der Waals surface area (Å²) in [5, 5.41) is 4.20. The summed E-state index contributed by atoms with van der Waals surface area (Å²) in [6.07, 6.45) is 1.80. The van der Waals surface area contributed by atoms with Gasteiger partial charge in [-0.15, -0.1) is 0 Å². The van der Waals surface area contributed by atoms with E-state index < -0.39 is 0 Å². The molecule has 5 heteroatoms. The second kappa shape index (κ2) is 6.19. The van der Waals surface area contributed by atoms with Gasteiger partial charge in [-0.2, -0.15) is 0 Å². The lowest BCUT2D eigenvalue weighted by Crippen LogP contribution is -2.10. The first-order valence-electron chi connectivity index (χ1n) is 6.77. The van der Waals surface area contributed by atoms with Gasteiger partial charge in [0.1, 0.15) is 12.4 Å². The lowest BCUT2D eigenvalue weighted by atomic mass is 10.2. The fourth-order valence-corrected chi connectivity index (χ4v) is 2.00. The van der Waals surface area contributed by atoms with E-state index >= 15 is 0 Å². The minimum atomic E-state index is 0.492. The number of nitrogens with zero attached hydrogens (tertiary/aromatic N) is 2. The maximum atomic E-state index is 5.50. The summed E-state index contributed by atoms with van der Waals surface area (Å²) in [7, 11) is 0. The third-order valence-corrected chi connectivity index (χ3v) is 2.97. The zero-order valence-electron chi connectivity index (χ0n) is 11.5. The van der Waals surface area contributed by atoms with Crippen LogP contribution < -0.4 is 15.8 Å². The number of para-hydroxylation sites is 1. The molecule has 0 aliphatic carbocycles. The zero-order chi connectivity index (χ0) is 14.5. The molecule has 0 saturated carbocycles. The van der Waals surface area contributed by atoms with Gasteiger partial charge in [-0.05, 0) is 18.2 Å². The minimum absolute atomic E-state index is 0.492. The van der Waals surface area contributed by atoms with Crippen molar-refractivity contribution in [2.24, 2.45) is 5.73 Å². The summed E-state index contributed by atoms with van der Waals surface area (Å²) in [6, 6.07) is 15.5. The van der Waals surface area contributed by atoms with Crippen LogP contribution in [-0.4, -0.2) is 23.1 Å². The number of nitrogens with two attached hydrogens (primary N) is 1. The monoisotopic (exact) mass is 280 g/mol. The van der Waals surface area contributed by atoms with E-state index in [2.05, 4.69) is 15.3 Å². The first kappa shape index (κ1) is 13.3. The van der Waals surface area contributed by atoms with Crippen LogP contribution in [0.2, 0.25) is 0 Å². The van der Waals surface area contributed by atoms with Crippen LogP contribution in [0.1, 0.15) is 0 Å². The molecular weight excluding hydrogens is 264 g/mol. The van der Waals surface area contributed by atoms with E-state index in [0.717, 1.165) is 22.3 Å². The van der Waals surface area contributed by atoms with Crippen molar-refractivity contribution >= 4 is 22.5 Å². The number of hydrogen-bond donors (Lipinski definition) is 2. The molecule has 1 heterocycles. The van der Waals surface area contributed by atoms with Crippen molar-refractivity contribution in [3.05, 3.63) is 54.7 Å². The van der Waals surface area contributed by atoms with Gasteiger partial charge in [0.15, 0.2) is 0 Å². The van der Waals surface area contributed by atoms with Crippen LogP contribution in [0, 0.1) is 0 Å². The summed E-state index contributed by atoms with van der Waals surface area (Å²) in [5.41, 5.74) is 7.21. The third-order valence-electron chi connectivity index (χ3n) is 2.97. The second-order valence-electron chi connectivity index (χ2n) is 4.54. The number of fused-ring (bicyclic) bond motifs is 1. The number of ether oxygens (including phenoxy) is 1. The Morgan fingerprint density at radius 3 is 2.90 bits per heavy atom. The zero-order valence-corrected chi connectivity index (χ0v) is 11.5. The number of rotatable bonds is 5. The molecule has 3 N–H and O–H groups in total. The lowest BCUT2D eigenvalue weighted by molar-refractivity contribution is 0.328. The number of benzene rings is 2. The standard InChI is InChI=1S/C16H16N4O/c17-8-9-21-14-6-3-5-13(10-14)19-16-18-11-12-4-1-2-7-15(12)20-16/h1-7,10-11H,8-9,17H2,(H,18,19,20). The van der Waals surface area contributed by atoms with Gasteiger partial charge in [0.05, 0.1) is 5.52 Å². The van der Waals surface area contributed by atoms with Crippen LogP contribution in [0.3, 0.4) is 0 Å². The van der Waals surface area contributed by atoms with E-state index in [0.29, 0.717) is 19.1 Å². The van der Waals surface area contributed by atoms with Gasteiger partial charge >= 0.3 is 0 Å². The Bertz CT molecular complexity index is 745. The molecule has 0 amide bonds. The van der Waals surface area contributed by atoms with Gasteiger partial charge in [-0.3, -0.25) is 0 Å². The highest BCUT2D eigenvalue weighted by Crippen LogP contribution is 2.20. The fourth-order valence-electron chi connectivity index (χ4n) is 2.00. The highest BCUT2D eigenvalue weighted by atomic mass is 16.5. The highest BCUT2D eigenvalue weighted by Gasteiger charge is 2.01. The average Bonchev–Trinajstić information content (AvgIpc) is 2.53. The van der Waals surface area contributed by atoms with Gasteiger partial charge in [-0.1, -0.05) is 24.3 Å². The molecule has 3 rings (SSSR count). The fraction of sp³-hybridized carbons (Fsp3) is 0.125. The second-order valence-corrected chi connectivity index (χ2v) is 4.54. The summed E-state index contributed by atoms with van der Waals surface area (Å²) in [6.45, 7) is 0.987. The molecule has 3 aromatic rings. The van der Waals surface area contributed by atoms with Crippen LogP contribution in [-0.2, 0) is 0 Å². The predicted molar refractivity (Wildman–Crippen MR) is 83.8 cm³/mol.